The number of hydrogen-bond acceptors (Lipinski definition) is 6. The molecule has 1 saturated heterocycles. The van der Waals surface area contributed by atoms with Crippen LogP contribution in [0.4, 0.5) is 0 Å². The number of aromatic nitrogens is 1. The second kappa shape index (κ2) is 7.14. The largest absolute Gasteiger partial charge is 0.354 e. The third-order valence-corrected chi connectivity index (χ3v) is 6.11. The molecule has 26 heavy (non-hydrogen) atoms. The molecule has 4 heterocycles. The molecule has 2 aromatic heterocycles. The fraction of sp³-hybridized carbons (Fsp3) is 0.389. The SMILES string of the molecule is CNC(=O)c1cc2c(s1)CCN(C(=O)C1CC(c3ccccn3)NN1)C2. The number of hydrazine groups is 1. The van der Waals surface area contributed by atoms with Gasteiger partial charge in [-0.15, -0.1) is 11.3 Å². The lowest BCUT2D eigenvalue weighted by atomic mass is 10.0. The van der Waals surface area contributed by atoms with E-state index in [9.17, 15) is 9.59 Å². The summed E-state index contributed by atoms with van der Waals surface area (Å²) in [6.45, 7) is 1.25. The number of amides is 2. The molecule has 0 spiro atoms. The Morgan fingerprint density at radius 1 is 1.35 bits per heavy atom. The average Bonchev–Trinajstić information content (AvgIpc) is 3.34. The fourth-order valence-electron chi connectivity index (χ4n) is 3.47. The molecule has 2 amide bonds. The van der Waals surface area contributed by atoms with Gasteiger partial charge in [0, 0.05) is 31.2 Å². The van der Waals surface area contributed by atoms with E-state index in [1.807, 2.05) is 29.2 Å². The van der Waals surface area contributed by atoms with Crippen LogP contribution in [0.1, 0.15) is 38.3 Å². The summed E-state index contributed by atoms with van der Waals surface area (Å²) in [4.78, 5) is 32.9. The van der Waals surface area contributed by atoms with E-state index in [4.69, 9.17) is 0 Å². The first kappa shape index (κ1) is 17.1. The van der Waals surface area contributed by atoms with Crippen LogP contribution in [0, 0.1) is 0 Å². The molecular formula is C18H21N5O2S. The molecule has 0 aliphatic carbocycles. The van der Waals surface area contributed by atoms with Gasteiger partial charge >= 0.3 is 0 Å². The molecule has 0 radical (unpaired) electrons. The van der Waals surface area contributed by atoms with Crippen LogP contribution in [0.25, 0.3) is 0 Å². The van der Waals surface area contributed by atoms with Gasteiger partial charge in [-0.1, -0.05) is 6.07 Å². The van der Waals surface area contributed by atoms with Gasteiger partial charge in [-0.05, 0) is 36.6 Å². The number of pyridine rings is 1. The van der Waals surface area contributed by atoms with Crippen molar-refractivity contribution in [3.63, 3.8) is 0 Å². The lowest BCUT2D eigenvalue weighted by Crippen LogP contribution is -2.47. The molecule has 3 N–H and O–H groups in total. The number of nitrogens with zero attached hydrogens (tertiary/aromatic N) is 2. The zero-order valence-corrected chi connectivity index (χ0v) is 15.3. The molecule has 2 aliphatic rings. The fourth-order valence-corrected chi connectivity index (χ4v) is 4.58. The number of carbonyl (C=O) groups excluding carboxylic acids is 2. The van der Waals surface area contributed by atoms with Gasteiger partial charge in [-0.3, -0.25) is 14.6 Å². The van der Waals surface area contributed by atoms with Crippen molar-refractivity contribution < 1.29 is 9.59 Å². The van der Waals surface area contributed by atoms with E-state index in [0.717, 1.165) is 17.7 Å². The standard InChI is InChI=1S/C18H21N5O2S/c1-19-17(24)16-8-11-10-23(7-5-15(11)26-16)18(25)14-9-13(21-22-14)12-4-2-3-6-20-12/h2-4,6,8,13-14,21-22H,5,7,9-10H2,1H3,(H,19,24). The number of hydrogen-bond donors (Lipinski definition) is 3. The minimum Gasteiger partial charge on any atom is -0.354 e. The van der Waals surface area contributed by atoms with Crippen LogP contribution < -0.4 is 16.2 Å². The number of rotatable bonds is 3. The highest BCUT2D eigenvalue weighted by Crippen LogP contribution is 2.29. The van der Waals surface area contributed by atoms with Crippen molar-refractivity contribution in [3.8, 4) is 0 Å². The Kier molecular flexibility index (Phi) is 4.71. The van der Waals surface area contributed by atoms with Crippen molar-refractivity contribution in [2.24, 2.45) is 0 Å². The topological polar surface area (TPSA) is 86.4 Å². The van der Waals surface area contributed by atoms with E-state index < -0.39 is 0 Å². The normalized spacial score (nSPS) is 22.1. The smallest absolute Gasteiger partial charge is 0.261 e. The van der Waals surface area contributed by atoms with Crippen molar-refractivity contribution in [1.82, 2.24) is 26.1 Å². The Labute approximate surface area is 155 Å². The highest BCUT2D eigenvalue weighted by Gasteiger charge is 2.35. The van der Waals surface area contributed by atoms with E-state index in [1.165, 1.54) is 16.2 Å². The van der Waals surface area contributed by atoms with Crippen LogP contribution in [0.3, 0.4) is 0 Å². The molecule has 0 aromatic carbocycles. The lowest BCUT2D eigenvalue weighted by molar-refractivity contribution is -0.134. The van der Waals surface area contributed by atoms with Crippen molar-refractivity contribution in [2.75, 3.05) is 13.6 Å². The average molecular weight is 371 g/mol. The zero-order chi connectivity index (χ0) is 18.1. The third-order valence-electron chi connectivity index (χ3n) is 4.88. The molecule has 0 bridgehead atoms. The zero-order valence-electron chi connectivity index (χ0n) is 14.5. The lowest BCUT2D eigenvalue weighted by Gasteiger charge is -2.29. The van der Waals surface area contributed by atoms with Gasteiger partial charge < -0.3 is 10.2 Å². The first-order valence-electron chi connectivity index (χ1n) is 8.70. The Bertz CT molecular complexity index is 822. The molecule has 7 nitrogen and oxygen atoms in total. The molecule has 2 atom stereocenters. The van der Waals surface area contributed by atoms with Crippen molar-refractivity contribution in [3.05, 3.63) is 51.5 Å². The number of carbonyl (C=O) groups is 2. The van der Waals surface area contributed by atoms with E-state index in [2.05, 4.69) is 21.2 Å². The summed E-state index contributed by atoms with van der Waals surface area (Å²) in [6, 6.07) is 7.48. The Balaban J connectivity index is 1.42. The third kappa shape index (κ3) is 3.23. The van der Waals surface area contributed by atoms with Gasteiger partial charge in [0.2, 0.25) is 5.91 Å². The van der Waals surface area contributed by atoms with E-state index in [0.29, 0.717) is 24.4 Å². The first-order valence-corrected chi connectivity index (χ1v) is 9.52. The molecule has 2 unspecified atom stereocenters. The molecule has 0 saturated carbocycles. The van der Waals surface area contributed by atoms with Crippen molar-refractivity contribution in [1.29, 1.82) is 0 Å². The maximum atomic E-state index is 12.9. The summed E-state index contributed by atoms with van der Waals surface area (Å²) in [5, 5.41) is 2.66. The summed E-state index contributed by atoms with van der Waals surface area (Å²) in [5.74, 6) is 0.0245. The van der Waals surface area contributed by atoms with Crippen LogP contribution in [-0.4, -0.2) is 41.3 Å². The Morgan fingerprint density at radius 3 is 3.00 bits per heavy atom. The molecule has 4 rings (SSSR count). The number of nitrogens with one attached hydrogen (secondary N) is 3. The quantitative estimate of drug-likeness (QED) is 0.749. The van der Waals surface area contributed by atoms with Gasteiger partial charge in [0.25, 0.3) is 5.91 Å². The van der Waals surface area contributed by atoms with Gasteiger partial charge in [0.1, 0.15) is 6.04 Å². The van der Waals surface area contributed by atoms with Crippen LogP contribution in [-0.2, 0) is 17.8 Å². The van der Waals surface area contributed by atoms with Crippen molar-refractivity contribution in [2.45, 2.75) is 31.5 Å². The van der Waals surface area contributed by atoms with Gasteiger partial charge in [0.05, 0.1) is 16.6 Å². The van der Waals surface area contributed by atoms with Gasteiger partial charge in [-0.2, -0.15) is 0 Å². The maximum absolute atomic E-state index is 12.9. The predicted octanol–water partition coefficient (Wildman–Crippen LogP) is 0.995. The Morgan fingerprint density at radius 2 is 2.23 bits per heavy atom. The minimum atomic E-state index is -0.263. The van der Waals surface area contributed by atoms with Gasteiger partial charge in [-0.25, -0.2) is 10.9 Å². The van der Waals surface area contributed by atoms with Crippen LogP contribution >= 0.6 is 11.3 Å². The second-order valence-electron chi connectivity index (χ2n) is 6.53. The molecular weight excluding hydrogens is 350 g/mol. The van der Waals surface area contributed by atoms with Crippen LogP contribution in [0.15, 0.2) is 30.5 Å². The molecule has 1 fully saturated rings. The summed E-state index contributed by atoms with van der Waals surface area (Å²) < 4.78 is 0. The summed E-state index contributed by atoms with van der Waals surface area (Å²) in [6.07, 6.45) is 3.23. The van der Waals surface area contributed by atoms with Crippen molar-refractivity contribution >= 4 is 23.2 Å². The van der Waals surface area contributed by atoms with E-state index in [-0.39, 0.29) is 23.9 Å². The summed E-state index contributed by atoms with van der Waals surface area (Å²) in [7, 11) is 1.63. The first-order chi connectivity index (χ1) is 12.7. The monoisotopic (exact) mass is 371 g/mol. The molecule has 8 heteroatoms. The summed E-state index contributed by atoms with van der Waals surface area (Å²) >= 11 is 1.53. The van der Waals surface area contributed by atoms with Crippen LogP contribution in [0.5, 0.6) is 0 Å². The minimum absolute atomic E-state index is 0.0338. The highest BCUT2D eigenvalue weighted by atomic mass is 32.1. The highest BCUT2D eigenvalue weighted by molar-refractivity contribution is 7.14. The summed E-state index contributed by atoms with van der Waals surface area (Å²) in [5.41, 5.74) is 8.31. The van der Waals surface area contributed by atoms with Gasteiger partial charge in [0.15, 0.2) is 0 Å². The van der Waals surface area contributed by atoms with Crippen LogP contribution in [0.2, 0.25) is 0 Å². The molecule has 136 valence electrons. The second-order valence-corrected chi connectivity index (χ2v) is 7.67. The molecule has 2 aliphatic heterocycles. The number of fused-ring (bicyclic) bond motifs is 1. The molecule has 2 aromatic rings. The number of thiophene rings is 1. The maximum Gasteiger partial charge on any atom is 0.261 e. The Hall–Kier alpha value is -2.29. The van der Waals surface area contributed by atoms with E-state index >= 15 is 0 Å². The van der Waals surface area contributed by atoms with E-state index in [1.54, 1.807) is 13.2 Å². The predicted molar refractivity (Wildman–Crippen MR) is 98.5 cm³/mol.